The Morgan fingerprint density at radius 3 is 2.58 bits per heavy atom. The first kappa shape index (κ1) is 18.0. The number of nitrogens with one attached hydrogen (secondary N) is 1. The summed E-state index contributed by atoms with van der Waals surface area (Å²) in [6.07, 6.45) is 0.226. The van der Waals surface area contributed by atoms with Crippen LogP contribution < -0.4 is 15.0 Å². The quantitative estimate of drug-likeness (QED) is 0.893. The summed E-state index contributed by atoms with van der Waals surface area (Å²) in [6.45, 7) is 6.90. The number of benzene rings is 2. The molecule has 2 aromatic carbocycles. The van der Waals surface area contributed by atoms with E-state index in [9.17, 15) is 9.59 Å². The van der Waals surface area contributed by atoms with Crippen LogP contribution in [-0.4, -0.2) is 25.0 Å². The number of amides is 2. The van der Waals surface area contributed by atoms with Crippen LogP contribution in [-0.2, 0) is 9.59 Å². The van der Waals surface area contributed by atoms with Crippen molar-refractivity contribution in [2.45, 2.75) is 27.2 Å². The maximum Gasteiger partial charge on any atom is 0.229 e. The highest BCUT2D eigenvalue weighted by Gasteiger charge is 2.35. The molecule has 2 aromatic rings. The zero-order chi connectivity index (χ0) is 18.7. The van der Waals surface area contributed by atoms with Gasteiger partial charge in [0, 0.05) is 24.3 Å². The molecule has 26 heavy (non-hydrogen) atoms. The summed E-state index contributed by atoms with van der Waals surface area (Å²) in [6, 6.07) is 13.3. The lowest BCUT2D eigenvalue weighted by molar-refractivity contribution is -0.122. The van der Waals surface area contributed by atoms with E-state index >= 15 is 0 Å². The molecule has 0 spiro atoms. The van der Waals surface area contributed by atoms with E-state index in [1.54, 1.807) is 4.90 Å². The molecule has 1 aliphatic heterocycles. The number of aryl methyl sites for hydroxylation is 2. The van der Waals surface area contributed by atoms with Gasteiger partial charge in [-0.2, -0.15) is 0 Å². The second-order valence-corrected chi connectivity index (χ2v) is 6.64. The summed E-state index contributed by atoms with van der Waals surface area (Å²) in [5, 5.41) is 2.96. The van der Waals surface area contributed by atoms with Crippen molar-refractivity contribution in [1.82, 2.24) is 0 Å². The fraction of sp³-hybridized carbons (Fsp3) is 0.333. The van der Waals surface area contributed by atoms with Crippen molar-refractivity contribution in [3.63, 3.8) is 0 Å². The Balaban J connectivity index is 1.67. The third-order valence-electron chi connectivity index (χ3n) is 4.60. The lowest BCUT2D eigenvalue weighted by Gasteiger charge is -2.17. The second-order valence-electron chi connectivity index (χ2n) is 6.64. The van der Waals surface area contributed by atoms with Crippen LogP contribution in [0.4, 0.5) is 11.4 Å². The fourth-order valence-corrected chi connectivity index (χ4v) is 3.21. The second kappa shape index (κ2) is 7.60. The van der Waals surface area contributed by atoms with Crippen LogP contribution in [0.5, 0.6) is 5.75 Å². The number of hydrogen-bond donors (Lipinski definition) is 1. The summed E-state index contributed by atoms with van der Waals surface area (Å²) in [5.74, 6) is 0.274. The molecule has 1 fully saturated rings. The Morgan fingerprint density at radius 2 is 1.92 bits per heavy atom. The highest BCUT2D eigenvalue weighted by Crippen LogP contribution is 2.28. The Labute approximate surface area is 154 Å². The lowest BCUT2D eigenvalue weighted by atomic mass is 10.1. The molecule has 0 radical (unpaired) electrons. The van der Waals surface area contributed by atoms with Gasteiger partial charge in [-0.25, -0.2) is 0 Å². The summed E-state index contributed by atoms with van der Waals surface area (Å²) in [5.41, 5.74) is 3.76. The van der Waals surface area contributed by atoms with E-state index in [1.807, 2.05) is 63.2 Å². The minimum Gasteiger partial charge on any atom is -0.494 e. The van der Waals surface area contributed by atoms with E-state index in [1.165, 1.54) is 0 Å². The number of ether oxygens (including phenoxy) is 1. The molecule has 2 amide bonds. The SMILES string of the molecule is CCOc1ccc(N2C[C@@H](C(=O)Nc3ccc(C)cc3C)CC2=O)cc1. The fourth-order valence-electron chi connectivity index (χ4n) is 3.21. The van der Waals surface area contributed by atoms with Gasteiger partial charge in [-0.05, 0) is 56.7 Å². The van der Waals surface area contributed by atoms with Crippen molar-refractivity contribution in [3.05, 3.63) is 53.6 Å². The average molecular weight is 352 g/mol. The number of hydrogen-bond acceptors (Lipinski definition) is 3. The molecule has 1 saturated heterocycles. The van der Waals surface area contributed by atoms with Gasteiger partial charge in [-0.3, -0.25) is 9.59 Å². The van der Waals surface area contributed by atoms with Gasteiger partial charge in [0.05, 0.1) is 12.5 Å². The minimum atomic E-state index is -0.352. The van der Waals surface area contributed by atoms with Gasteiger partial charge in [-0.1, -0.05) is 17.7 Å². The predicted octanol–water partition coefficient (Wildman–Crippen LogP) is 3.69. The number of rotatable bonds is 5. The molecule has 0 saturated carbocycles. The van der Waals surface area contributed by atoms with Crippen LogP contribution in [0.2, 0.25) is 0 Å². The zero-order valence-corrected chi connectivity index (χ0v) is 15.4. The Bertz CT molecular complexity index is 815. The van der Waals surface area contributed by atoms with Gasteiger partial charge in [0.2, 0.25) is 11.8 Å². The number of anilines is 2. The van der Waals surface area contributed by atoms with Crippen LogP contribution in [0.25, 0.3) is 0 Å². The number of carbonyl (C=O) groups excluding carboxylic acids is 2. The van der Waals surface area contributed by atoms with E-state index in [0.29, 0.717) is 13.2 Å². The molecule has 1 aliphatic rings. The molecule has 0 aliphatic carbocycles. The van der Waals surface area contributed by atoms with E-state index in [4.69, 9.17) is 4.74 Å². The maximum atomic E-state index is 12.6. The molecular formula is C21H24N2O3. The van der Waals surface area contributed by atoms with Crippen molar-refractivity contribution in [2.24, 2.45) is 5.92 Å². The van der Waals surface area contributed by atoms with Crippen LogP contribution >= 0.6 is 0 Å². The molecule has 1 atom stereocenters. The molecule has 0 aromatic heterocycles. The van der Waals surface area contributed by atoms with Crippen molar-refractivity contribution in [2.75, 3.05) is 23.4 Å². The summed E-state index contributed by atoms with van der Waals surface area (Å²) in [4.78, 5) is 26.7. The maximum absolute atomic E-state index is 12.6. The van der Waals surface area contributed by atoms with E-state index in [0.717, 1.165) is 28.3 Å². The highest BCUT2D eigenvalue weighted by atomic mass is 16.5. The molecule has 1 N–H and O–H groups in total. The Morgan fingerprint density at radius 1 is 1.19 bits per heavy atom. The van der Waals surface area contributed by atoms with E-state index < -0.39 is 0 Å². The van der Waals surface area contributed by atoms with E-state index in [-0.39, 0.29) is 24.2 Å². The molecular weight excluding hydrogens is 328 g/mol. The van der Waals surface area contributed by atoms with Gasteiger partial charge < -0.3 is 15.0 Å². The lowest BCUT2D eigenvalue weighted by Crippen LogP contribution is -2.28. The molecule has 3 rings (SSSR count). The van der Waals surface area contributed by atoms with Crippen molar-refractivity contribution in [3.8, 4) is 5.75 Å². The minimum absolute atomic E-state index is 0.0325. The third kappa shape index (κ3) is 3.87. The van der Waals surface area contributed by atoms with Crippen molar-refractivity contribution >= 4 is 23.2 Å². The van der Waals surface area contributed by atoms with Crippen molar-refractivity contribution < 1.29 is 14.3 Å². The third-order valence-corrected chi connectivity index (χ3v) is 4.60. The first-order valence-electron chi connectivity index (χ1n) is 8.89. The van der Waals surface area contributed by atoms with E-state index in [2.05, 4.69) is 5.32 Å². The smallest absolute Gasteiger partial charge is 0.229 e. The van der Waals surface area contributed by atoms with Crippen LogP contribution in [0.15, 0.2) is 42.5 Å². The summed E-state index contributed by atoms with van der Waals surface area (Å²) < 4.78 is 5.43. The summed E-state index contributed by atoms with van der Waals surface area (Å²) in [7, 11) is 0. The molecule has 136 valence electrons. The molecule has 0 bridgehead atoms. The van der Waals surface area contributed by atoms with Gasteiger partial charge >= 0.3 is 0 Å². The van der Waals surface area contributed by atoms with Gasteiger partial charge in [-0.15, -0.1) is 0 Å². The summed E-state index contributed by atoms with van der Waals surface area (Å²) >= 11 is 0. The van der Waals surface area contributed by atoms with Crippen LogP contribution in [0.1, 0.15) is 24.5 Å². The highest BCUT2D eigenvalue weighted by molar-refractivity contribution is 6.03. The van der Waals surface area contributed by atoms with Crippen LogP contribution in [0, 0.1) is 19.8 Å². The van der Waals surface area contributed by atoms with Crippen LogP contribution in [0.3, 0.4) is 0 Å². The van der Waals surface area contributed by atoms with Gasteiger partial charge in [0.1, 0.15) is 5.75 Å². The molecule has 1 heterocycles. The Kier molecular flexibility index (Phi) is 5.26. The number of nitrogens with zero attached hydrogens (tertiary/aromatic N) is 1. The number of carbonyl (C=O) groups is 2. The normalized spacial score (nSPS) is 16.7. The standard InChI is InChI=1S/C21H24N2O3/c1-4-26-18-8-6-17(7-9-18)23-13-16(12-20(23)24)21(25)22-19-10-5-14(2)11-15(19)3/h5-11,16H,4,12-13H2,1-3H3,(H,22,25)/t16-/m0/s1. The molecule has 5 heteroatoms. The predicted molar refractivity (Wildman–Crippen MR) is 103 cm³/mol. The van der Waals surface area contributed by atoms with Crippen molar-refractivity contribution in [1.29, 1.82) is 0 Å². The average Bonchev–Trinajstić information content (AvgIpc) is 3.00. The first-order chi connectivity index (χ1) is 12.5. The molecule has 0 unspecified atom stereocenters. The molecule has 5 nitrogen and oxygen atoms in total. The largest absolute Gasteiger partial charge is 0.494 e. The first-order valence-corrected chi connectivity index (χ1v) is 8.89. The Hall–Kier alpha value is -2.82. The van der Waals surface area contributed by atoms with Gasteiger partial charge in [0.25, 0.3) is 0 Å². The zero-order valence-electron chi connectivity index (χ0n) is 15.4. The monoisotopic (exact) mass is 352 g/mol. The van der Waals surface area contributed by atoms with Gasteiger partial charge in [0.15, 0.2) is 0 Å². The topological polar surface area (TPSA) is 58.6 Å².